The number of aliphatic imine (C=N–C) groups is 1. The van der Waals surface area contributed by atoms with Crippen molar-refractivity contribution >= 4 is 40.0 Å². The van der Waals surface area contributed by atoms with Gasteiger partial charge in [0, 0.05) is 25.8 Å². The van der Waals surface area contributed by atoms with Gasteiger partial charge in [0.25, 0.3) is 0 Å². The van der Waals surface area contributed by atoms with Gasteiger partial charge in [-0.2, -0.15) is 5.10 Å². The molecule has 3 N–H and O–H groups in total. The van der Waals surface area contributed by atoms with Crippen molar-refractivity contribution in [2.24, 2.45) is 4.99 Å². The Hall–Kier alpha value is -2.44. The fraction of sp³-hybridized carbons (Fsp3) is 0.273. The molecule has 0 bridgehead atoms. The van der Waals surface area contributed by atoms with Crippen LogP contribution in [0.25, 0.3) is 5.69 Å². The van der Waals surface area contributed by atoms with Crippen LogP contribution in [0.5, 0.6) is 0 Å². The molecule has 0 saturated carbocycles. The molecule has 172 valence electrons. The molecule has 0 spiro atoms. The highest BCUT2D eigenvalue weighted by Gasteiger charge is 2.12. The summed E-state index contributed by atoms with van der Waals surface area (Å²) in [6, 6.07) is 16.9. The van der Waals surface area contributed by atoms with E-state index < -0.39 is 10.0 Å². The molecular formula is C22H29IN6O2S. The van der Waals surface area contributed by atoms with E-state index in [2.05, 4.69) is 31.5 Å². The Morgan fingerprint density at radius 1 is 1.03 bits per heavy atom. The lowest BCUT2D eigenvalue weighted by Crippen LogP contribution is -2.36. The van der Waals surface area contributed by atoms with Crippen molar-refractivity contribution in [2.75, 3.05) is 14.1 Å². The van der Waals surface area contributed by atoms with Crippen LogP contribution in [0.3, 0.4) is 0 Å². The smallest absolute Gasteiger partial charge is 0.240 e. The molecule has 0 radical (unpaired) electrons. The van der Waals surface area contributed by atoms with Gasteiger partial charge < -0.3 is 10.6 Å². The molecule has 3 aromatic rings. The van der Waals surface area contributed by atoms with E-state index in [1.54, 1.807) is 25.2 Å². The van der Waals surface area contributed by atoms with Crippen molar-refractivity contribution in [3.05, 3.63) is 77.1 Å². The molecular weight excluding hydrogens is 539 g/mol. The minimum atomic E-state index is -3.48. The number of guanidine groups is 1. The van der Waals surface area contributed by atoms with Gasteiger partial charge in [0.15, 0.2) is 5.96 Å². The Morgan fingerprint density at radius 2 is 1.75 bits per heavy atom. The lowest BCUT2D eigenvalue weighted by molar-refractivity contribution is 0.588. The summed E-state index contributed by atoms with van der Waals surface area (Å²) in [5, 5.41) is 11.1. The van der Waals surface area contributed by atoms with Crippen LogP contribution < -0.4 is 15.4 Å². The normalized spacial score (nSPS) is 11.7. The van der Waals surface area contributed by atoms with Gasteiger partial charge in [-0.15, -0.1) is 24.0 Å². The van der Waals surface area contributed by atoms with E-state index in [9.17, 15) is 8.42 Å². The van der Waals surface area contributed by atoms with Gasteiger partial charge in [-0.1, -0.05) is 30.3 Å². The van der Waals surface area contributed by atoms with E-state index >= 15 is 0 Å². The Kier molecular flexibility index (Phi) is 9.22. The number of aromatic nitrogens is 2. The van der Waals surface area contributed by atoms with Crippen LogP contribution in [-0.4, -0.2) is 38.3 Å². The summed E-state index contributed by atoms with van der Waals surface area (Å²) >= 11 is 0. The topological polar surface area (TPSA) is 100 Å². The van der Waals surface area contributed by atoms with E-state index in [1.165, 1.54) is 7.05 Å². The summed E-state index contributed by atoms with van der Waals surface area (Å²) in [5.74, 6) is 0.616. The van der Waals surface area contributed by atoms with E-state index in [4.69, 9.17) is 0 Å². The fourth-order valence-electron chi connectivity index (χ4n) is 3.27. The standard InChI is InChI=1S/C22H28N6O2S.HI/c1-16-12-17(2)28(27-16)21-11-6-5-9-19(21)15-26-22(23-3)25-14-18-8-7-10-20(13-18)31(29,30)24-4;/h5-13,24H,14-15H2,1-4H3,(H2,23,25,26);1H. The third kappa shape index (κ3) is 6.30. The molecule has 32 heavy (non-hydrogen) atoms. The van der Waals surface area contributed by atoms with Crippen LogP contribution in [0.2, 0.25) is 0 Å². The molecule has 1 heterocycles. The molecule has 0 aliphatic carbocycles. The summed E-state index contributed by atoms with van der Waals surface area (Å²) in [5.41, 5.74) is 4.98. The Balaban J connectivity index is 0.00000363. The summed E-state index contributed by atoms with van der Waals surface area (Å²) in [6.45, 7) is 5.01. The minimum Gasteiger partial charge on any atom is -0.352 e. The van der Waals surface area contributed by atoms with Gasteiger partial charge in [-0.3, -0.25) is 4.99 Å². The Bertz CT molecular complexity index is 1190. The lowest BCUT2D eigenvalue weighted by atomic mass is 10.1. The monoisotopic (exact) mass is 568 g/mol. The van der Waals surface area contributed by atoms with E-state index in [-0.39, 0.29) is 28.9 Å². The third-order valence-electron chi connectivity index (χ3n) is 4.84. The van der Waals surface area contributed by atoms with Gasteiger partial charge in [0.05, 0.1) is 16.3 Å². The maximum atomic E-state index is 12.0. The summed E-state index contributed by atoms with van der Waals surface area (Å²) in [6.07, 6.45) is 0. The number of sulfonamides is 1. The van der Waals surface area contributed by atoms with E-state index in [0.29, 0.717) is 19.0 Å². The number of hydrogen-bond donors (Lipinski definition) is 3. The van der Waals surface area contributed by atoms with E-state index in [1.807, 2.05) is 48.9 Å². The largest absolute Gasteiger partial charge is 0.352 e. The van der Waals surface area contributed by atoms with Crippen LogP contribution in [0, 0.1) is 13.8 Å². The van der Waals surface area contributed by atoms with Crippen molar-refractivity contribution in [1.29, 1.82) is 0 Å². The molecule has 0 fully saturated rings. The molecule has 0 saturated heterocycles. The quantitative estimate of drug-likeness (QED) is 0.231. The average molecular weight is 568 g/mol. The van der Waals surface area contributed by atoms with Crippen LogP contribution in [0.4, 0.5) is 0 Å². The van der Waals surface area contributed by atoms with Crippen molar-refractivity contribution in [2.45, 2.75) is 31.8 Å². The van der Waals surface area contributed by atoms with Crippen molar-refractivity contribution in [3.8, 4) is 5.69 Å². The molecule has 0 aliphatic heterocycles. The van der Waals surface area contributed by atoms with E-state index in [0.717, 1.165) is 28.2 Å². The first-order chi connectivity index (χ1) is 14.8. The summed E-state index contributed by atoms with van der Waals surface area (Å²) in [4.78, 5) is 4.50. The Morgan fingerprint density at radius 3 is 2.41 bits per heavy atom. The van der Waals surface area contributed by atoms with Crippen molar-refractivity contribution < 1.29 is 8.42 Å². The number of benzene rings is 2. The highest BCUT2D eigenvalue weighted by atomic mass is 127. The first-order valence-corrected chi connectivity index (χ1v) is 11.4. The number of nitrogens with one attached hydrogen (secondary N) is 3. The lowest BCUT2D eigenvalue weighted by Gasteiger charge is -2.15. The molecule has 1 aromatic heterocycles. The van der Waals surface area contributed by atoms with Gasteiger partial charge in [0.2, 0.25) is 10.0 Å². The molecule has 0 aliphatic rings. The number of para-hydroxylation sites is 1. The zero-order chi connectivity index (χ0) is 22.4. The van der Waals surface area contributed by atoms with Crippen LogP contribution >= 0.6 is 24.0 Å². The molecule has 0 atom stereocenters. The number of nitrogens with zero attached hydrogens (tertiary/aromatic N) is 3. The predicted molar refractivity (Wildman–Crippen MR) is 138 cm³/mol. The van der Waals surface area contributed by atoms with Gasteiger partial charge in [-0.25, -0.2) is 17.8 Å². The molecule has 3 rings (SSSR count). The van der Waals surface area contributed by atoms with Gasteiger partial charge in [0.1, 0.15) is 0 Å². The second-order valence-corrected chi connectivity index (χ2v) is 8.99. The number of aryl methyl sites for hydroxylation is 2. The predicted octanol–water partition coefficient (Wildman–Crippen LogP) is 2.88. The SMILES string of the molecule is CN=C(NCc1cccc(S(=O)(=O)NC)c1)NCc1ccccc1-n1nc(C)cc1C.I. The number of halogens is 1. The second-order valence-electron chi connectivity index (χ2n) is 7.10. The van der Waals surface area contributed by atoms with Crippen molar-refractivity contribution in [1.82, 2.24) is 25.1 Å². The molecule has 10 heteroatoms. The minimum absolute atomic E-state index is 0. The van der Waals surface area contributed by atoms with Crippen molar-refractivity contribution in [3.63, 3.8) is 0 Å². The van der Waals surface area contributed by atoms with Crippen LogP contribution in [0.1, 0.15) is 22.5 Å². The number of rotatable bonds is 7. The summed E-state index contributed by atoms with van der Waals surface area (Å²) < 4.78 is 28.3. The van der Waals surface area contributed by atoms with Crippen LogP contribution in [0.15, 0.2) is 64.5 Å². The second kappa shape index (κ2) is 11.4. The van der Waals surface area contributed by atoms with Gasteiger partial charge >= 0.3 is 0 Å². The molecule has 0 amide bonds. The highest BCUT2D eigenvalue weighted by Crippen LogP contribution is 2.17. The maximum Gasteiger partial charge on any atom is 0.240 e. The maximum absolute atomic E-state index is 12.0. The first-order valence-electron chi connectivity index (χ1n) is 9.92. The first kappa shape index (κ1) is 25.8. The summed E-state index contributed by atoms with van der Waals surface area (Å²) in [7, 11) is -0.379. The fourth-order valence-corrected chi connectivity index (χ4v) is 4.07. The Labute approximate surface area is 206 Å². The third-order valence-corrected chi connectivity index (χ3v) is 6.25. The molecule has 2 aromatic carbocycles. The van der Waals surface area contributed by atoms with Gasteiger partial charge in [-0.05, 0) is 56.3 Å². The zero-order valence-electron chi connectivity index (χ0n) is 18.6. The number of hydrogen-bond acceptors (Lipinski definition) is 4. The zero-order valence-corrected chi connectivity index (χ0v) is 21.7. The van der Waals surface area contributed by atoms with Crippen LogP contribution in [-0.2, 0) is 23.1 Å². The highest BCUT2D eigenvalue weighted by molar-refractivity contribution is 14.0. The molecule has 8 nitrogen and oxygen atoms in total. The average Bonchev–Trinajstić information content (AvgIpc) is 3.12. The molecule has 0 unspecified atom stereocenters.